The molecule has 1 aliphatic carbocycles. The fourth-order valence-corrected chi connectivity index (χ4v) is 2.52. The number of rotatable bonds is 6. The van der Waals surface area contributed by atoms with Gasteiger partial charge in [-0.05, 0) is 25.0 Å². The monoisotopic (exact) mass is 331 g/mol. The van der Waals surface area contributed by atoms with Crippen molar-refractivity contribution < 1.29 is 24.0 Å². The summed E-state index contributed by atoms with van der Waals surface area (Å²) >= 11 is 0. The minimum Gasteiger partial charge on any atom is -0.485 e. The van der Waals surface area contributed by atoms with E-state index in [1.165, 1.54) is 0 Å². The molecule has 1 aliphatic rings. The lowest BCUT2D eigenvalue weighted by molar-refractivity contribution is -0.145. The smallest absolute Gasteiger partial charge is 0.306 e. The van der Waals surface area contributed by atoms with Gasteiger partial charge < -0.3 is 19.7 Å². The molecule has 2 N–H and O–H groups in total. The fraction of sp³-hybridized carbons (Fsp3) is 0.375. The average molecular weight is 331 g/mol. The zero-order valence-corrected chi connectivity index (χ0v) is 13.1. The molecule has 0 saturated heterocycles. The molecule has 2 aromatic rings. The lowest BCUT2D eigenvalue weighted by Gasteiger charge is -2.32. The summed E-state index contributed by atoms with van der Waals surface area (Å²) in [5.74, 6) is -0.234. The third-order valence-corrected chi connectivity index (χ3v) is 3.88. The minimum atomic E-state index is -0.820. The molecule has 0 atom stereocenters. The normalized spacial score (nSPS) is 19.4. The zero-order valence-electron chi connectivity index (χ0n) is 13.1. The van der Waals surface area contributed by atoms with E-state index in [9.17, 15) is 9.59 Å². The Balaban J connectivity index is 1.61. The van der Waals surface area contributed by atoms with Crippen LogP contribution in [-0.2, 0) is 11.4 Å². The maximum atomic E-state index is 12.4. The maximum absolute atomic E-state index is 12.4. The Morgan fingerprint density at radius 3 is 2.79 bits per heavy atom. The van der Waals surface area contributed by atoms with Gasteiger partial charge in [0.05, 0.1) is 11.5 Å². The van der Waals surface area contributed by atoms with Gasteiger partial charge in [0.2, 0.25) is 11.7 Å². The fourth-order valence-electron chi connectivity index (χ4n) is 2.52. The van der Waals surface area contributed by atoms with Crippen molar-refractivity contribution in [3.8, 4) is 5.75 Å². The summed E-state index contributed by atoms with van der Waals surface area (Å²) in [5, 5.41) is 15.4. The highest BCUT2D eigenvalue weighted by Crippen LogP contribution is 2.28. The van der Waals surface area contributed by atoms with E-state index in [1.54, 1.807) is 31.2 Å². The van der Waals surface area contributed by atoms with Crippen molar-refractivity contribution in [2.45, 2.75) is 32.4 Å². The van der Waals surface area contributed by atoms with E-state index in [0.29, 0.717) is 35.9 Å². The number of carboxylic acid groups (broad SMARTS) is 1. The number of nitrogens with zero attached hydrogens (tertiary/aromatic N) is 2. The molecule has 0 aliphatic heterocycles. The number of para-hydroxylation sites is 1. The van der Waals surface area contributed by atoms with Crippen LogP contribution in [0.15, 0.2) is 28.8 Å². The molecule has 0 spiro atoms. The molecule has 0 radical (unpaired) electrons. The molecule has 1 fully saturated rings. The molecular formula is C16H17N3O5. The van der Waals surface area contributed by atoms with Crippen LogP contribution < -0.4 is 10.1 Å². The van der Waals surface area contributed by atoms with Gasteiger partial charge in [-0.3, -0.25) is 9.59 Å². The number of carbonyl (C=O) groups excluding carboxylic acids is 1. The van der Waals surface area contributed by atoms with Gasteiger partial charge in [-0.25, -0.2) is 0 Å². The Bertz CT molecular complexity index is 752. The lowest BCUT2D eigenvalue weighted by Crippen LogP contribution is -2.46. The van der Waals surface area contributed by atoms with E-state index in [4.69, 9.17) is 14.4 Å². The maximum Gasteiger partial charge on any atom is 0.306 e. The number of amides is 1. The topological polar surface area (TPSA) is 115 Å². The van der Waals surface area contributed by atoms with Gasteiger partial charge in [-0.2, -0.15) is 4.98 Å². The number of hydrogen-bond donors (Lipinski definition) is 2. The molecule has 3 rings (SSSR count). The second-order valence-electron chi connectivity index (χ2n) is 5.69. The van der Waals surface area contributed by atoms with Crippen molar-refractivity contribution in [2.75, 3.05) is 0 Å². The molecule has 1 aromatic heterocycles. The Morgan fingerprint density at radius 2 is 2.12 bits per heavy atom. The highest BCUT2D eigenvalue weighted by atomic mass is 16.5. The number of aliphatic carboxylic acids is 1. The van der Waals surface area contributed by atoms with Gasteiger partial charge in [0.15, 0.2) is 6.61 Å². The summed E-state index contributed by atoms with van der Waals surface area (Å²) in [6, 6.07) is 6.72. The Labute approximate surface area is 137 Å². The van der Waals surface area contributed by atoms with E-state index in [1.807, 2.05) is 0 Å². The number of aryl methyl sites for hydroxylation is 1. The van der Waals surface area contributed by atoms with Crippen LogP contribution in [-0.4, -0.2) is 33.2 Å². The summed E-state index contributed by atoms with van der Waals surface area (Å²) in [7, 11) is 0. The number of carboxylic acids is 1. The molecule has 1 saturated carbocycles. The Kier molecular flexibility index (Phi) is 4.45. The highest BCUT2D eigenvalue weighted by molar-refractivity contribution is 5.97. The zero-order chi connectivity index (χ0) is 17.1. The molecule has 1 amide bonds. The number of carbonyl (C=O) groups is 2. The number of hydrogen-bond acceptors (Lipinski definition) is 6. The second-order valence-corrected chi connectivity index (χ2v) is 5.69. The quantitative estimate of drug-likeness (QED) is 0.825. The third kappa shape index (κ3) is 3.53. The molecule has 0 bridgehead atoms. The first-order valence-corrected chi connectivity index (χ1v) is 7.57. The molecule has 1 heterocycles. The van der Waals surface area contributed by atoms with Gasteiger partial charge in [0.25, 0.3) is 5.91 Å². The predicted octanol–water partition coefficient (Wildman–Crippen LogP) is 1.55. The average Bonchev–Trinajstić information content (AvgIpc) is 2.93. The van der Waals surface area contributed by atoms with Gasteiger partial charge in [-0.1, -0.05) is 17.3 Å². The SMILES string of the molecule is Cc1nc(COc2ccccc2C(=O)NC2CC(C(=O)O)C2)no1. The summed E-state index contributed by atoms with van der Waals surface area (Å²) in [6.45, 7) is 1.77. The first-order chi connectivity index (χ1) is 11.5. The lowest BCUT2D eigenvalue weighted by atomic mass is 9.80. The van der Waals surface area contributed by atoms with Crippen molar-refractivity contribution in [3.05, 3.63) is 41.5 Å². The Hall–Kier alpha value is -2.90. The van der Waals surface area contributed by atoms with Crippen molar-refractivity contribution >= 4 is 11.9 Å². The van der Waals surface area contributed by atoms with Crippen LogP contribution in [0.4, 0.5) is 0 Å². The van der Waals surface area contributed by atoms with Gasteiger partial charge in [0, 0.05) is 13.0 Å². The van der Waals surface area contributed by atoms with Crippen molar-refractivity contribution in [1.82, 2.24) is 15.5 Å². The van der Waals surface area contributed by atoms with E-state index < -0.39 is 5.97 Å². The molecule has 126 valence electrons. The second kappa shape index (κ2) is 6.69. The van der Waals surface area contributed by atoms with Crippen LogP contribution >= 0.6 is 0 Å². The predicted molar refractivity (Wildman–Crippen MR) is 81.4 cm³/mol. The van der Waals surface area contributed by atoms with Crippen molar-refractivity contribution in [3.63, 3.8) is 0 Å². The third-order valence-electron chi connectivity index (χ3n) is 3.88. The standard InChI is InChI=1S/C16H17N3O5/c1-9-17-14(19-24-9)8-23-13-5-3-2-4-12(13)15(20)18-11-6-10(7-11)16(21)22/h2-5,10-11H,6-8H2,1H3,(H,18,20)(H,21,22). The van der Waals surface area contributed by atoms with Crippen LogP contribution in [0.2, 0.25) is 0 Å². The summed E-state index contributed by atoms with van der Waals surface area (Å²) in [4.78, 5) is 27.2. The molecule has 8 heteroatoms. The molecule has 8 nitrogen and oxygen atoms in total. The number of benzene rings is 1. The van der Waals surface area contributed by atoms with E-state index in [-0.39, 0.29) is 24.5 Å². The van der Waals surface area contributed by atoms with Crippen LogP contribution in [0.25, 0.3) is 0 Å². The summed E-state index contributed by atoms with van der Waals surface area (Å²) in [6.07, 6.45) is 0.901. The minimum absolute atomic E-state index is 0.0894. The first kappa shape index (κ1) is 16.0. The summed E-state index contributed by atoms with van der Waals surface area (Å²) in [5.41, 5.74) is 0.386. The molecule has 1 aromatic carbocycles. The highest BCUT2D eigenvalue weighted by Gasteiger charge is 2.35. The van der Waals surface area contributed by atoms with Crippen molar-refractivity contribution in [1.29, 1.82) is 0 Å². The first-order valence-electron chi connectivity index (χ1n) is 7.57. The Morgan fingerprint density at radius 1 is 1.38 bits per heavy atom. The molecule has 24 heavy (non-hydrogen) atoms. The van der Waals surface area contributed by atoms with Crippen LogP contribution in [0.3, 0.4) is 0 Å². The van der Waals surface area contributed by atoms with Gasteiger partial charge in [-0.15, -0.1) is 0 Å². The summed E-state index contributed by atoms with van der Waals surface area (Å²) < 4.78 is 10.5. The molecular weight excluding hydrogens is 314 g/mol. The van der Waals surface area contributed by atoms with Gasteiger partial charge >= 0.3 is 5.97 Å². The largest absolute Gasteiger partial charge is 0.485 e. The number of nitrogens with one attached hydrogen (secondary N) is 1. The van der Waals surface area contributed by atoms with E-state index in [2.05, 4.69) is 15.5 Å². The van der Waals surface area contributed by atoms with E-state index >= 15 is 0 Å². The molecule has 0 unspecified atom stereocenters. The van der Waals surface area contributed by atoms with Crippen LogP contribution in [0.5, 0.6) is 5.75 Å². The van der Waals surface area contributed by atoms with Crippen LogP contribution in [0.1, 0.15) is 34.9 Å². The number of ether oxygens (including phenoxy) is 1. The number of aromatic nitrogens is 2. The van der Waals surface area contributed by atoms with E-state index in [0.717, 1.165) is 0 Å². The van der Waals surface area contributed by atoms with Crippen LogP contribution in [0, 0.1) is 12.8 Å². The van der Waals surface area contributed by atoms with Gasteiger partial charge in [0.1, 0.15) is 5.75 Å². The van der Waals surface area contributed by atoms with Crippen molar-refractivity contribution in [2.24, 2.45) is 5.92 Å².